The fourth-order valence-electron chi connectivity index (χ4n) is 1.96. The van der Waals surface area contributed by atoms with Crippen LogP contribution in [0.3, 0.4) is 0 Å². The highest BCUT2D eigenvalue weighted by Crippen LogP contribution is 2.32. The lowest BCUT2D eigenvalue weighted by Crippen LogP contribution is -2.33. The lowest BCUT2D eigenvalue weighted by Gasteiger charge is -2.26. The second kappa shape index (κ2) is 5.85. The zero-order chi connectivity index (χ0) is 13.1. The van der Waals surface area contributed by atoms with E-state index in [4.69, 9.17) is 17.4 Å². The summed E-state index contributed by atoms with van der Waals surface area (Å²) < 4.78 is 1.94. The van der Waals surface area contributed by atoms with Gasteiger partial charge in [0.1, 0.15) is 0 Å². The summed E-state index contributed by atoms with van der Waals surface area (Å²) in [5, 5.41) is 4.98. The van der Waals surface area contributed by atoms with Gasteiger partial charge < -0.3 is 0 Å². The van der Waals surface area contributed by atoms with Crippen molar-refractivity contribution in [3.05, 3.63) is 16.9 Å². The molecule has 1 atom stereocenters. The third kappa shape index (κ3) is 3.98. The van der Waals surface area contributed by atoms with Gasteiger partial charge in [-0.05, 0) is 18.3 Å². The first kappa shape index (κ1) is 14.5. The highest BCUT2D eigenvalue weighted by Gasteiger charge is 2.24. The van der Waals surface area contributed by atoms with Crippen LogP contribution in [0.4, 0.5) is 0 Å². The molecule has 1 aromatic heterocycles. The average Bonchev–Trinajstić information content (AvgIpc) is 2.56. The molecule has 5 heteroatoms. The predicted octanol–water partition coefficient (Wildman–Crippen LogP) is 2.89. The molecule has 0 aliphatic rings. The Kier molecular flexibility index (Phi) is 4.98. The van der Waals surface area contributed by atoms with Gasteiger partial charge in [0.25, 0.3) is 0 Å². The highest BCUT2D eigenvalue weighted by atomic mass is 35.5. The molecule has 0 aromatic carbocycles. The number of aromatic nitrogens is 2. The van der Waals surface area contributed by atoms with Gasteiger partial charge in [0, 0.05) is 6.54 Å². The monoisotopic (exact) mass is 258 g/mol. The molecule has 3 N–H and O–H groups in total. The summed E-state index contributed by atoms with van der Waals surface area (Å²) in [6.07, 6.45) is 3.63. The van der Waals surface area contributed by atoms with Crippen molar-refractivity contribution in [2.24, 2.45) is 11.3 Å². The molecule has 1 aromatic rings. The van der Waals surface area contributed by atoms with Crippen molar-refractivity contribution in [1.82, 2.24) is 15.2 Å². The minimum absolute atomic E-state index is 0.0385. The quantitative estimate of drug-likeness (QED) is 0.631. The smallest absolute Gasteiger partial charge is 0.0834 e. The van der Waals surface area contributed by atoms with Gasteiger partial charge in [0.15, 0.2) is 0 Å². The first-order chi connectivity index (χ1) is 7.89. The van der Waals surface area contributed by atoms with Gasteiger partial charge in [-0.3, -0.25) is 16.0 Å². The summed E-state index contributed by atoms with van der Waals surface area (Å²) >= 11 is 6.20. The number of halogens is 1. The zero-order valence-electron chi connectivity index (χ0n) is 11.1. The lowest BCUT2D eigenvalue weighted by atomic mass is 9.87. The van der Waals surface area contributed by atoms with Gasteiger partial charge in [-0.2, -0.15) is 5.10 Å². The minimum atomic E-state index is 0.0385. The van der Waals surface area contributed by atoms with E-state index in [-0.39, 0.29) is 11.5 Å². The molecule has 4 nitrogen and oxygen atoms in total. The van der Waals surface area contributed by atoms with Crippen LogP contribution in [0.5, 0.6) is 0 Å². The van der Waals surface area contributed by atoms with E-state index < -0.39 is 0 Å². The van der Waals surface area contributed by atoms with Crippen LogP contribution < -0.4 is 11.3 Å². The van der Waals surface area contributed by atoms with E-state index >= 15 is 0 Å². The normalized spacial score (nSPS) is 14.0. The molecule has 0 spiro atoms. The Morgan fingerprint density at radius 1 is 1.53 bits per heavy atom. The van der Waals surface area contributed by atoms with Crippen LogP contribution in [-0.2, 0) is 6.54 Å². The molecular formula is C12H23ClN4. The topological polar surface area (TPSA) is 55.9 Å². The van der Waals surface area contributed by atoms with Crippen molar-refractivity contribution in [2.75, 3.05) is 0 Å². The number of hydrazine groups is 1. The average molecular weight is 259 g/mol. The lowest BCUT2D eigenvalue weighted by molar-refractivity contribution is 0.302. The summed E-state index contributed by atoms with van der Waals surface area (Å²) in [5.74, 6) is 5.66. The molecule has 0 saturated carbocycles. The van der Waals surface area contributed by atoms with Crippen LogP contribution in [0.15, 0.2) is 6.20 Å². The molecule has 0 aliphatic heterocycles. The van der Waals surface area contributed by atoms with Crippen molar-refractivity contribution in [3.63, 3.8) is 0 Å². The van der Waals surface area contributed by atoms with Crippen molar-refractivity contribution in [2.45, 2.75) is 53.1 Å². The largest absolute Gasteiger partial charge is 0.271 e. The standard InChI is InChI=1S/C12H23ClN4/c1-5-6-17-11(9(13)8-15-17)10(16-14)7-12(2,3)4/h8,10,16H,5-7,14H2,1-4H3. The number of nitrogens with zero attached hydrogens (tertiary/aromatic N) is 2. The fraction of sp³-hybridized carbons (Fsp3) is 0.750. The van der Waals surface area contributed by atoms with E-state index in [1.807, 2.05) is 4.68 Å². The molecule has 1 rings (SSSR count). The van der Waals surface area contributed by atoms with Crippen LogP contribution >= 0.6 is 11.6 Å². The Morgan fingerprint density at radius 2 is 2.18 bits per heavy atom. The van der Waals surface area contributed by atoms with Gasteiger partial charge in [0.05, 0.1) is 23.0 Å². The maximum atomic E-state index is 6.20. The van der Waals surface area contributed by atoms with Gasteiger partial charge in [-0.15, -0.1) is 0 Å². The summed E-state index contributed by atoms with van der Waals surface area (Å²) in [6, 6.07) is 0.0385. The van der Waals surface area contributed by atoms with Gasteiger partial charge in [0.2, 0.25) is 0 Å². The minimum Gasteiger partial charge on any atom is -0.271 e. The van der Waals surface area contributed by atoms with Crippen molar-refractivity contribution in [1.29, 1.82) is 0 Å². The summed E-state index contributed by atoms with van der Waals surface area (Å²) in [6.45, 7) is 9.54. The Bertz CT molecular complexity index is 354. The first-order valence-corrected chi connectivity index (χ1v) is 6.44. The first-order valence-electron chi connectivity index (χ1n) is 6.06. The third-order valence-corrected chi connectivity index (χ3v) is 2.91. The Hall–Kier alpha value is -0.580. The van der Waals surface area contributed by atoms with E-state index in [0.29, 0.717) is 5.02 Å². The van der Waals surface area contributed by atoms with Crippen LogP contribution in [-0.4, -0.2) is 9.78 Å². The Labute approximate surface area is 108 Å². The molecular weight excluding hydrogens is 236 g/mol. The van der Waals surface area contributed by atoms with E-state index in [1.54, 1.807) is 6.20 Å². The number of hydrogen-bond acceptors (Lipinski definition) is 3. The van der Waals surface area contributed by atoms with Gasteiger partial charge in [-0.25, -0.2) is 0 Å². The molecule has 0 saturated heterocycles. The number of nitrogens with one attached hydrogen (secondary N) is 1. The maximum Gasteiger partial charge on any atom is 0.0834 e. The molecule has 0 bridgehead atoms. The molecule has 0 amide bonds. The highest BCUT2D eigenvalue weighted by molar-refractivity contribution is 6.31. The summed E-state index contributed by atoms with van der Waals surface area (Å²) in [4.78, 5) is 0. The van der Waals surface area contributed by atoms with Gasteiger partial charge in [-0.1, -0.05) is 39.3 Å². The second-order valence-corrected chi connectivity index (χ2v) is 5.99. The zero-order valence-corrected chi connectivity index (χ0v) is 11.9. The van der Waals surface area contributed by atoms with Crippen LogP contribution in [0, 0.1) is 5.41 Å². The number of aryl methyl sites for hydroxylation is 1. The Balaban J connectivity index is 2.98. The second-order valence-electron chi connectivity index (χ2n) is 5.58. The summed E-state index contributed by atoms with van der Waals surface area (Å²) in [7, 11) is 0. The van der Waals surface area contributed by atoms with Crippen LogP contribution in [0.2, 0.25) is 5.02 Å². The van der Waals surface area contributed by atoms with Crippen molar-refractivity contribution < 1.29 is 0 Å². The van der Waals surface area contributed by atoms with E-state index in [2.05, 4.69) is 38.2 Å². The van der Waals surface area contributed by atoms with E-state index in [0.717, 1.165) is 25.1 Å². The van der Waals surface area contributed by atoms with Crippen LogP contribution in [0.1, 0.15) is 52.3 Å². The molecule has 0 aliphatic carbocycles. The number of hydrogen-bond donors (Lipinski definition) is 2. The summed E-state index contributed by atoms with van der Waals surface area (Å²) in [5.41, 5.74) is 4.03. The molecule has 17 heavy (non-hydrogen) atoms. The molecule has 0 fully saturated rings. The van der Waals surface area contributed by atoms with Crippen molar-refractivity contribution in [3.8, 4) is 0 Å². The third-order valence-electron chi connectivity index (χ3n) is 2.62. The maximum absolute atomic E-state index is 6.20. The molecule has 1 unspecified atom stereocenters. The SMILES string of the molecule is CCCn1ncc(Cl)c1C(CC(C)(C)C)NN. The molecule has 0 radical (unpaired) electrons. The number of rotatable bonds is 5. The number of nitrogens with two attached hydrogens (primary N) is 1. The molecule has 1 heterocycles. The van der Waals surface area contributed by atoms with E-state index in [1.165, 1.54) is 0 Å². The predicted molar refractivity (Wildman–Crippen MR) is 71.7 cm³/mol. The fourth-order valence-corrected chi connectivity index (χ4v) is 2.23. The van der Waals surface area contributed by atoms with Crippen LogP contribution in [0.25, 0.3) is 0 Å². The van der Waals surface area contributed by atoms with Crippen molar-refractivity contribution >= 4 is 11.6 Å². The van der Waals surface area contributed by atoms with Gasteiger partial charge >= 0.3 is 0 Å². The Morgan fingerprint density at radius 3 is 2.65 bits per heavy atom. The molecule has 98 valence electrons. The van der Waals surface area contributed by atoms with E-state index in [9.17, 15) is 0 Å².